The number of fused-ring (bicyclic) bond motifs is 1. The first-order valence-electron chi connectivity index (χ1n) is 7.71. The number of carbonyl (C=O) groups excluding carboxylic acids is 1. The average Bonchev–Trinajstić information content (AvgIpc) is 3.02. The maximum atomic E-state index is 11.4. The van der Waals surface area contributed by atoms with Crippen LogP contribution in [0.1, 0.15) is 29.0 Å². The molecular formula is C20H18O4. The summed E-state index contributed by atoms with van der Waals surface area (Å²) in [5.74, 6) is 3.90. The van der Waals surface area contributed by atoms with Crippen LogP contribution in [0.3, 0.4) is 0 Å². The van der Waals surface area contributed by atoms with E-state index in [-0.39, 0.29) is 11.9 Å². The number of methoxy groups -OCH3 is 1. The minimum absolute atomic E-state index is 0.0359. The molecule has 0 saturated heterocycles. The number of benzene rings is 2. The van der Waals surface area contributed by atoms with Gasteiger partial charge in [-0.05, 0) is 23.8 Å². The van der Waals surface area contributed by atoms with E-state index in [9.17, 15) is 4.79 Å². The third kappa shape index (κ3) is 3.52. The smallest absolute Gasteiger partial charge is 0.306 e. The van der Waals surface area contributed by atoms with Crippen LogP contribution in [0, 0.1) is 12.3 Å². The van der Waals surface area contributed by atoms with Gasteiger partial charge < -0.3 is 14.2 Å². The summed E-state index contributed by atoms with van der Waals surface area (Å²) in [7, 11) is 1.39. The Bertz CT molecular complexity index is 788. The fourth-order valence-corrected chi connectivity index (χ4v) is 2.72. The van der Waals surface area contributed by atoms with Crippen molar-refractivity contribution < 1.29 is 19.0 Å². The number of terminal acetylenes is 1. The Kier molecular flexibility index (Phi) is 4.72. The van der Waals surface area contributed by atoms with Crippen molar-refractivity contribution >= 4 is 5.97 Å². The number of hydrogen-bond acceptors (Lipinski definition) is 4. The van der Waals surface area contributed by atoms with E-state index in [2.05, 4.69) is 5.92 Å². The monoisotopic (exact) mass is 322 g/mol. The summed E-state index contributed by atoms with van der Waals surface area (Å²) in [6, 6.07) is 13.4. The lowest BCUT2D eigenvalue weighted by atomic mass is 9.98. The zero-order valence-electron chi connectivity index (χ0n) is 13.5. The van der Waals surface area contributed by atoms with Gasteiger partial charge in [-0.15, -0.1) is 6.42 Å². The third-order valence-electron chi connectivity index (χ3n) is 4.00. The highest BCUT2D eigenvalue weighted by Crippen LogP contribution is 2.38. The molecular weight excluding hydrogens is 304 g/mol. The summed E-state index contributed by atoms with van der Waals surface area (Å²) in [6.45, 7) is 0.915. The van der Waals surface area contributed by atoms with Gasteiger partial charge in [-0.3, -0.25) is 4.79 Å². The van der Waals surface area contributed by atoms with Crippen molar-refractivity contribution in [3.05, 3.63) is 59.2 Å². The van der Waals surface area contributed by atoms with E-state index in [0.717, 1.165) is 28.2 Å². The van der Waals surface area contributed by atoms with Gasteiger partial charge in [-0.1, -0.05) is 24.1 Å². The average molecular weight is 322 g/mol. The molecule has 1 unspecified atom stereocenters. The van der Waals surface area contributed by atoms with Crippen LogP contribution in [-0.2, 0) is 16.1 Å². The molecule has 0 radical (unpaired) electrons. The molecule has 0 bridgehead atoms. The molecule has 4 nitrogen and oxygen atoms in total. The van der Waals surface area contributed by atoms with Gasteiger partial charge in [0.1, 0.15) is 18.1 Å². The van der Waals surface area contributed by atoms with Crippen molar-refractivity contribution in [2.45, 2.75) is 18.9 Å². The van der Waals surface area contributed by atoms with Crippen LogP contribution in [0.4, 0.5) is 0 Å². The van der Waals surface area contributed by atoms with Gasteiger partial charge in [0.15, 0.2) is 0 Å². The molecule has 0 spiro atoms. The second-order valence-electron chi connectivity index (χ2n) is 5.62. The van der Waals surface area contributed by atoms with Crippen molar-refractivity contribution in [3.8, 4) is 23.8 Å². The first-order valence-corrected chi connectivity index (χ1v) is 7.71. The van der Waals surface area contributed by atoms with Crippen molar-refractivity contribution in [3.63, 3.8) is 0 Å². The van der Waals surface area contributed by atoms with Crippen LogP contribution in [-0.4, -0.2) is 19.7 Å². The van der Waals surface area contributed by atoms with Gasteiger partial charge in [0, 0.05) is 23.1 Å². The van der Waals surface area contributed by atoms with E-state index >= 15 is 0 Å². The quantitative estimate of drug-likeness (QED) is 0.626. The summed E-state index contributed by atoms with van der Waals surface area (Å²) in [5.41, 5.74) is 2.86. The number of hydrogen-bond donors (Lipinski definition) is 0. The van der Waals surface area contributed by atoms with Gasteiger partial charge in [0.2, 0.25) is 0 Å². The summed E-state index contributed by atoms with van der Waals surface area (Å²) in [6.07, 6.45) is 5.73. The van der Waals surface area contributed by atoms with Crippen LogP contribution in [0.25, 0.3) is 0 Å². The standard InChI is InChI=1S/C20H18O4/c1-3-14-5-4-6-15(9-14)12-23-17-7-8-18-16(10-20(21)22-2)13-24-19(18)11-17/h1,4-9,11,16H,10,12-13H2,2H3. The molecule has 1 heterocycles. The summed E-state index contributed by atoms with van der Waals surface area (Å²) < 4.78 is 16.2. The molecule has 2 aromatic rings. The Hall–Kier alpha value is -2.93. The van der Waals surface area contributed by atoms with Crippen molar-refractivity contribution in [2.24, 2.45) is 0 Å². The Morgan fingerprint density at radius 1 is 1.33 bits per heavy atom. The molecule has 0 amide bonds. The zero-order chi connectivity index (χ0) is 16.9. The van der Waals surface area contributed by atoms with Crippen LogP contribution >= 0.6 is 0 Å². The minimum Gasteiger partial charge on any atom is -0.492 e. The minimum atomic E-state index is -0.231. The lowest BCUT2D eigenvalue weighted by molar-refractivity contribution is -0.141. The highest BCUT2D eigenvalue weighted by atomic mass is 16.5. The predicted molar refractivity (Wildman–Crippen MR) is 90.0 cm³/mol. The van der Waals surface area contributed by atoms with Gasteiger partial charge in [-0.2, -0.15) is 0 Å². The molecule has 0 aromatic heterocycles. The normalized spacial score (nSPS) is 15.1. The SMILES string of the molecule is C#Cc1cccc(COc2ccc3c(c2)OCC3CC(=O)OC)c1. The molecule has 1 aliphatic rings. The fraction of sp³-hybridized carbons (Fsp3) is 0.250. The Labute approximate surface area is 141 Å². The van der Waals surface area contributed by atoms with Crippen LogP contribution < -0.4 is 9.47 Å². The third-order valence-corrected chi connectivity index (χ3v) is 4.00. The predicted octanol–water partition coefficient (Wildman–Crippen LogP) is 3.29. The number of carbonyl (C=O) groups is 1. The molecule has 2 aromatic carbocycles. The molecule has 0 saturated carbocycles. The largest absolute Gasteiger partial charge is 0.492 e. The Morgan fingerprint density at radius 3 is 3.00 bits per heavy atom. The van der Waals surface area contributed by atoms with Gasteiger partial charge in [0.05, 0.1) is 20.1 Å². The molecule has 0 fully saturated rings. The maximum absolute atomic E-state index is 11.4. The number of ether oxygens (including phenoxy) is 3. The highest BCUT2D eigenvalue weighted by molar-refractivity contribution is 5.71. The van der Waals surface area contributed by atoms with Gasteiger partial charge in [-0.25, -0.2) is 0 Å². The molecule has 3 rings (SSSR count). The maximum Gasteiger partial charge on any atom is 0.306 e. The van der Waals surface area contributed by atoms with E-state index < -0.39 is 0 Å². The topological polar surface area (TPSA) is 44.8 Å². The van der Waals surface area contributed by atoms with E-state index in [1.807, 2.05) is 42.5 Å². The van der Waals surface area contributed by atoms with Crippen LogP contribution in [0.5, 0.6) is 11.5 Å². The molecule has 1 aliphatic heterocycles. The van der Waals surface area contributed by atoms with Crippen molar-refractivity contribution in [1.29, 1.82) is 0 Å². The molecule has 0 aliphatic carbocycles. The van der Waals surface area contributed by atoms with Crippen LogP contribution in [0.2, 0.25) is 0 Å². The van der Waals surface area contributed by atoms with Crippen molar-refractivity contribution in [1.82, 2.24) is 0 Å². The fourth-order valence-electron chi connectivity index (χ4n) is 2.72. The van der Waals surface area contributed by atoms with E-state index in [1.165, 1.54) is 7.11 Å². The Morgan fingerprint density at radius 2 is 2.21 bits per heavy atom. The lowest BCUT2D eigenvalue weighted by Crippen LogP contribution is -2.09. The molecule has 0 N–H and O–H groups in total. The van der Waals surface area contributed by atoms with Gasteiger partial charge >= 0.3 is 5.97 Å². The van der Waals surface area contributed by atoms with Crippen molar-refractivity contribution in [2.75, 3.05) is 13.7 Å². The second kappa shape index (κ2) is 7.10. The Balaban J connectivity index is 1.66. The summed E-state index contributed by atoms with van der Waals surface area (Å²) >= 11 is 0. The molecule has 1 atom stereocenters. The van der Waals surface area contributed by atoms with E-state index in [0.29, 0.717) is 19.6 Å². The van der Waals surface area contributed by atoms with Crippen LogP contribution in [0.15, 0.2) is 42.5 Å². The van der Waals surface area contributed by atoms with E-state index in [4.69, 9.17) is 20.6 Å². The van der Waals surface area contributed by atoms with Gasteiger partial charge in [0.25, 0.3) is 0 Å². The first kappa shape index (κ1) is 15.9. The molecule has 4 heteroatoms. The molecule has 122 valence electrons. The lowest BCUT2D eigenvalue weighted by Gasteiger charge is -2.09. The zero-order valence-corrected chi connectivity index (χ0v) is 13.5. The first-order chi connectivity index (χ1) is 11.7. The van der Waals surface area contributed by atoms with E-state index in [1.54, 1.807) is 0 Å². The highest BCUT2D eigenvalue weighted by Gasteiger charge is 2.27. The molecule has 24 heavy (non-hydrogen) atoms. The second-order valence-corrected chi connectivity index (χ2v) is 5.62. The number of esters is 1. The summed E-state index contributed by atoms with van der Waals surface area (Å²) in [5, 5.41) is 0. The number of rotatable bonds is 5. The summed E-state index contributed by atoms with van der Waals surface area (Å²) in [4.78, 5) is 11.4.